The standard InChI is InChI=1S/C20H23N5O2/c1-13-9-17(23-22-13)14-5-4-8-24(10-14)19(26)12-25-11-16(20(21)27)15-6-2-3-7-18(15)25/h2-3,6-7,9,11,14H,4-5,8,10,12H2,1H3,(H2,21,27)(H,22,23). The second kappa shape index (κ2) is 6.90. The van der Waals surface area contributed by atoms with E-state index in [0.717, 1.165) is 41.7 Å². The molecule has 1 aliphatic heterocycles. The first-order valence-corrected chi connectivity index (χ1v) is 9.20. The van der Waals surface area contributed by atoms with Crippen LogP contribution in [-0.2, 0) is 11.3 Å². The van der Waals surface area contributed by atoms with Gasteiger partial charge >= 0.3 is 0 Å². The van der Waals surface area contributed by atoms with E-state index in [4.69, 9.17) is 5.73 Å². The fourth-order valence-corrected chi connectivity index (χ4v) is 3.91. The second-order valence-electron chi connectivity index (χ2n) is 7.21. The van der Waals surface area contributed by atoms with Crippen molar-refractivity contribution in [3.63, 3.8) is 0 Å². The lowest BCUT2D eigenvalue weighted by Crippen LogP contribution is -2.40. The van der Waals surface area contributed by atoms with Crippen LogP contribution in [0.15, 0.2) is 36.5 Å². The van der Waals surface area contributed by atoms with Gasteiger partial charge in [0.2, 0.25) is 5.91 Å². The Morgan fingerprint density at radius 2 is 2.15 bits per heavy atom. The van der Waals surface area contributed by atoms with Gasteiger partial charge in [-0.3, -0.25) is 14.7 Å². The molecule has 1 saturated heterocycles. The van der Waals surface area contributed by atoms with Gasteiger partial charge in [0.1, 0.15) is 6.54 Å². The summed E-state index contributed by atoms with van der Waals surface area (Å²) in [5, 5.41) is 8.12. The van der Waals surface area contributed by atoms with Gasteiger partial charge in [-0.2, -0.15) is 5.10 Å². The van der Waals surface area contributed by atoms with Crippen molar-refractivity contribution < 1.29 is 9.59 Å². The Hall–Kier alpha value is -3.09. The molecule has 7 heteroatoms. The molecule has 3 heterocycles. The number of H-pyrrole nitrogens is 1. The van der Waals surface area contributed by atoms with Crippen LogP contribution in [0.1, 0.15) is 40.5 Å². The number of nitrogens with one attached hydrogen (secondary N) is 1. The monoisotopic (exact) mass is 365 g/mol. The van der Waals surface area contributed by atoms with Gasteiger partial charge in [-0.15, -0.1) is 0 Å². The number of amides is 2. The molecule has 1 unspecified atom stereocenters. The minimum Gasteiger partial charge on any atom is -0.366 e. The molecule has 1 aliphatic rings. The molecular weight excluding hydrogens is 342 g/mol. The molecule has 0 radical (unpaired) electrons. The largest absolute Gasteiger partial charge is 0.366 e. The summed E-state index contributed by atoms with van der Waals surface area (Å²) in [6.07, 6.45) is 3.68. The normalized spacial score (nSPS) is 17.4. The molecule has 1 fully saturated rings. The molecule has 0 saturated carbocycles. The van der Waals surface area contributed by atoms with E-state index >= 15 is 0 Å². The van der Waals surface area contributed by atoms with Gasteiger partial charge in [0.25, 0.3) is 5.91 Å². The van der Waals surface area contributed by atoms with E-state index in [2.05, 4.69) is 16.3 Å². The molecule has 2 aromatic heterocycles. The topological polar surface area (TPSA) is 97.0 Å². The Morgan fingerprint density at radius 1 is 1.33 bits per heavy atom. The molecule has 7 nitrogen and oxygen atoms in total. The van der Waals surface area contributed by atoms with E-state index in [0.29, 0.717) is 12.1 Å². The summed E-state index contributed by atoms with van der Waals surface area (Å²) in [4.78, 5) is 26.6. The number of aromatic amines is 1. The Labute approximate surface area is 157 Å². The summed E-state index contributed by atoms with van der Waals surface area (Å²) in [6, 6.07) is 9.57. The summed E-state index contributed by atoms with van der Waals surface area (Å²) in [7, 11) is 0. The number of primary amides is 1. The van der Waals surface area contributed by atoms with Crippen molar-refractivity contribution in [2.75, 3.05) is 13.1 Å². The van der Waals surface area contributed by atoms with E-state index in [1.807, 2.05) is 40.7 Å². The maximum Gasteiger partial charge on any atom is 0.250 e. The molecule has 27 heavy (non-hydrogen) atoms. The smallest absolute Gasteiger partial charge is 0.250 e. The number of likely N-dealkylation sites (tertiary alicyclic amines) is 1. The van der Waals surface area contributed by atoms with Gasteiger partial charge in [-0.05, 0) is 31.9 Å². The van der Waals surface area contributed by atoms with Crippen molar-refractivity contribution in [3.8, 4) is 0 Å². The van der Waals surface area contributed by atoms with Crippen molar-refractivity contribution in [1.82, 2.24) is 19.7 Å². The Morgan fingerprint density at radius 3 is 2.89 bits per heavy atom. The van der Waals surface area contributed by atoms with Gasteiger partial charge in [0.15, 0.2) is 0 Å². The van der Waals surface area contributed by atoms with Crippen molar-refractivity contribution in [2.24, 2.45) is 5.73 Å². The number of rotatable bonds is 4. The average molecular weight is 365 g/mol. The van der Waals surface area contributed by atoms with Gasteiger partial charge in [0, 0.05) is 41.8 Å². The highest BCUT2D eigenvalue weighted by molar-refractivity contribution is 6.06. The number of para-hydroxylation sites is 1. The number of nitrogens with two attached hydrogens (primary N) is 1. The van der Waals surface area contributed by atoms with Crippen LogP contribution in [0.25, 0.3) is 10.9 Å². The number of hydrogen-bond acceptors (Lipinski definition) is 3. The molecule has 0 spiro atoms. The van der Waals surface area contributed by atoms with Crippen LogP contribution < -0.4 is 5.73 Å². The van der Waals surface area contributed by atoms with Crippen LogP contribution >= 0.6 is 0 Å². The first kappa shape index (κ1) is 17.3. The van der Waals surface area contributed by atoms with Crippen LogP contribution in [0, 0.1) is 6.92 Å². The third kappa shape index (κ3) is 3.32. The molecule has 3 N–H and O–H groups in total. The van der Waals surface area contributed by atoms with Gasteiger partial charge < -0.3 is 15.2 Å². The third-order valence-corrected chi connectivity index (χ3v) is 5.28. The molecule has 0 aliphatic carbocycles. The van der Waals surface area contributed by atoms with Gasteiger partial charge in [0.05, 0.1) is 11.3 Å². The van der Waals surface area contributed by atoms with Crippen LogP contribution in [0.2, 0.25) is 0 Å². The zero-order valence-corrected chi connectivity index (χ0v) is 15.3. The quantitative estimate of drug-likeness (QED) is 0.741. The zero-order valence-electron chi connectivity index (χ0n) is 15.3. The van der Waals surface area contributed by atoms with E-state index in [1.54, 1.807) is 6.20 Å². The first-order valence-electron chi connectivity index (χ1n) is 9.20. The number of hydrogen-bond donors (Lipinski definition) is 2. The number of fused-ring (bicyclic) bond motifs is 1. The molecule has 3 aromatic rings. The van der Waals surface area contributed by atoms with Crippen LogP contribution in [-0.4, -0.2) is 44.6 Å². The van der Waals surface area contributed by atoms with E-state index in [-0.39, 0.29) is 18.4 Å². The number of carbonyl (C=O) groups is 2. The first-order chi connectivity index (χ1) is 13.0. The molecular formula is C20H23N5O2. The fraction of sp³-hybridized carbons (Fsp3) is 0.350. The lowest BCUT2D eigenvalue weighted by atomic mass is 9.94. The molecule has 140 valence electrons. The van der Waals surface area contributed by atoms with Crippen molar-refractivity contribution >= 4 is 22.7 Å². The minimum atomic E-state index is -0.482. The second-order valence-corrected chi connectivity index (χ2v) is 7.21. The Balaban J connectivity index is 1.54. The van der Waals surface area contributed by atoms with Crippen molar-refractivity contribution in [3.05, 3.63) is 53.5 Å². The summed E-state index contributed by atoms with van der Waals surface area (Å²) in [5.41, 5.74) is 8.84. The van der Waals surface area contributed by atoms with Crippen molar-refractivity contribution in [1.29, 1.82) is 0 Å². The fourth-order valence-electron chi connectivity index (χ4n) is 3.91. The number of aryl methyl sites for hydroxylation is 1. The number of benzene rings is 1. The maximum absolute atomic E-state index is 12.9. The summed E-state index contributed by atoms with van der Waals surface area (Å²) in [5.74, 6) is -0.177. The van der Waals surface area contributed by atoms with Crippen LogP contribution in [0.4, 0.5) is 0 Å². The third-order valence-electron chi connectivity index (χ3n) is 5.28. The molecule has 4 rings (SSSR count). The highest BCUT2D eigenvalue weighted by Crippen LogP contribution is 2.27. The Kier molecular flexibility index (Phi) is 4.43. The average Bonchev–Trinajstić information content (AvgIpc) is 3.26. The number of nitrogens with zero attached hydrogens (tertiary/aromatic N) is 3. The highest BCUT2D eigenvalue weighted by atomic mass is 16.2. The highest BCUT2D eigenvalue weighted by Gasteiger charge is 2.26. The SMILES string of the molecule is Cc1cc(C2CCCN(C(=O)Cn3cc(C(N)=O)c4ccccc43)C2)n[nH]1. The van der Waals surface area contributed by atoms with Gasteiger partial charge in [-0.1, -0.05) is 18.2 Å². The summed E-state index contributed by atoms with van der Waals surface area (Å²) < 4.78 is 1.82. The van der Waals surface area contributed by atoms with Crippen LogP contribution in [0.5, 0.6) is 0 Å². The van der Waals surface area contributed by atoms with Crippen molar-refractivity contribution in [2.45, 2.75) is 32.2 Å². The summed E-state index contributed by atoms with van der Waals surface area (Å²) >= 11 is 0. The number of carbonyl (C=O) groups excluding carboxylic acids is 2. The maximum atomic E-state index is 12.9. The van der Waals surface area contributed by atoms with E-state index in [9.17, 15) is 9.59 Å². The number of aromatic nitrogens is 3. The molecule has 2 amide bonds. The predicted octanol–water partition coefficient (Wildman–Crippen LogP) is 2.18. The molecule has 1 atom stereocenters. The minimum absolute atomic E-state index is 0.0451. The molecule has 1 aromatic carbocycles. The van der Waals surface area contributed by atoms with Crippen LogP contribution in [0.3, 0.4) is 0 Å². The van der Waals surface area contributed by atoms with E-state index in [1.165, 1.54) is 0 Å². The van der Waals surface area contributed by atoms with E-state index < -0.39 is 5.91 Å². The number of piperidine rings is 1. The lowest BCUT2D eigenvalue weighted by molar-refractivity contribution is -0.133. The van der Waals surface area contributed by atoms with Gasteiger partial charge in [-0.25, -0.2) is 0 Å². The lowest BCUT2D eigenvalue weighted by Gasteiger charge is -2.32. The Bertz CT molecular complexity index is 1000. The predicted molar refractivity (Wildman–Crippen MR) is 102 cm³/mol. The zero-order chi connectivity index (χ0) is 19.0. The summed E-state index contributed by atoms with van der Waals surface area (Å²) in [6.45, 7) is 3.60. The molecule has 0 bridgehead atoms.